The number of rotatable bonds is 16. The van der Waals surface area contributed by atoms with Crippen molar-refractivity contribution in [2.24, 2.45) is 45.9 Å². The van der Waals surface area contributed by atoms with Crippen LogP contribution in [0.3, 0.4) is 0 Å². The van der Waals surface area contributed by atoms with Crippen LogP contribution in [0, 0.1) is 0 Å². The number of hydrogen-bond acceptors (Lipinski definition) is 13. The highest BCUT2D eigenvalue weighted by Gasteiger charge is 2.11. The Labute approximate surface area is 232 Å². The van der Waals surface area contributed by atoms with Crippen LogP contribution in [0.25, 0.3) is 0 Å². The smallest absolute Gasteiger partial charge is 0.320 e. The molecular formula is C21H48N8O11. The molecule has 0 aromatic rings. The van der Waals surface area contributed by atoms with Crippen molar-refractivity contribution in [2.75, 3.05) is 26.2 Å². The van der Waals surface area contributed by atoms with Crippen molar-refractivity contribution in [3.05, 3.63) is 0 Å². The van der Waals surface area contributed by atoms with E-state index in [2.05, 4.69) is 11.5 Å². The van der Waals surface area contributed by atoms with Gasteiger partial charge in [0.2, 0.25) is 5.91 Å². The fraction of sp³-hybridized carbons (Fsp3) is 0.714. The Bertz CT molecular complexity index is 660. The molecule has 0 radical (unpaired) electrons. The van der Waals surface area contributed by atoms with Crippen molar-refractivity contribution >= 4 is 35.8 Å². The summed E-state index contributed by atoms with van der Waals surface area (Å²) in [5, 5.41) is 40.1. The van der Waals surface area contributed by atoms with Gasteiger partial charge in [-0.15, -0.1) is 0 Å². The first-order valence-electron chi connectivity index (χ1n) is 11.9. The summed E-state index contributed by atoms with van der Waals surface area (Å²) < 4.78 is 0. The minimum Gasteiger partial charge on any atom is -0.480 e. The average Bonchev–Trinajstić information content (AvgIpc) is 2.88. The standard InChI is InChI=1S/2C6H14N2O2.C5H10N2O3.2C2H5NO2/c2*7-4-2-1-3-5(8)6(9)10;6-3(5(9)10)1-2-4(7)8;2*3-1-2(4)5/h2*5H,1-4,7-8H2,(H,9,10);3H,1-2,6H2,(H2,7,8)(H,9,10);2*1,3H2,(H,4,5)/t2*5-;3-;;/m000../s1. The van der Waals surface area contributed by atoms with Crippen LogP contribution in [-0.2, 0) is 28.8 Å². The van der Waals surface area contributed by atoms with Gasteiger partial charge in [-0.05, 0) is 45.2 Å². The maximum Gasteiger partial charge on any atom is 0.320 e. The van der Waals surface area contributed by atoms with Gasteiger partial charge < -0.3 is 71.4 Å². The second-order valence-electron chi connectivity index (χ2n) is 7.60. The molecule has 0 heterocycles. The zero-order chi connectivity index (χ0) is 32.7. The van der Waals surface area contributed by atoms with Crippen LogP contribution in [-0.4, -0.2) is 106 Å². The summed E-state index contributed by atoms with van der Waals surface area (Å²) in [7, 11) is 0. The summed E-state index contributed by atoms with van der Waals surface area (Å²) >= 11 is 0. The van der Waals surface area contributed by atoms with Crippen LogP contribution in [0.1, 0.15) is 51.4 Å². The lowest BCUT2D eigenvalue weighted by Gasteiger charge is -2.03. The van der Waals surface area contributed by atoms with Crippen molar-refractivity contribution in [1.29, 1.82) is 0 Å². The molecule has 0 unspecified atom stereocenters. The molecule has 40 heavy (non-hydrogen) atoms. The number of amides is 1. The van der Waals surface area contributed by atoms with Gasteiger partial charge >= 0.3 is 29.8 Å². The van der Waals surface area contributed by atoms with Crippen LogP contribution in [0.15, 0.2) is 0 Å². The first-order valence-corrected chi connectivity index (χ1v) is 11.9. The van der Waals surface area contributed by atoms with Gasteiger partial charge in [-0.25, -0.2) is 0 Å². The summed E-state index contributed by atoms with van der Waals surface area (Å²) in [6.07, 6.45) is 4.45. The Morgan fingerprint density at radius 1 is 0.500 bits per heavy atom. The number of hydrogen-bond donors (Lipinski definition) is 13. The summed E-state index contributed by atoms with van der Waals surface area (Å²) in [6, 6.07) is -2.41. The van der Waals surface area contributed by atoms with Gasteiger partial charge in [0.15, 0.2) is 0 Å². The summed E-state index contributed by atoms with van der Waals surface area (Å²) in [4.78, 5) is 58.9. The molecule has 238 valence electrons. The van der Waals surface area contributed by atoms with E-state index in [9.17, 15) is 28.8 Å². The quantitative estimate of drug-likeness (QED) is 0.0759. The third kappa shape index (κ3) is 51.2. The first-order chi connectivity index (χ1) is 18.4. The topological polar surface area (TPSA) is 412 Å². The lowest BCUT2D eigenvalue weighted by Crippen LogP contribution is -2.31. The Kier molecular flexibility index (Phi) is 38.9. The van der Waals surface area contributed by atoms with Crippen molar-refractivity contribution < 1.29 is 54.3 Å². The number of carbonyl (C=O) groups is 6. The van der Waals surface area contributed by atoms with E-state index >= 15 is 0 Å². The normalized spacial score (nSPS) is 11.5. The van der Waals surface area contributed by atoms with E-state index in [1.54, 1.807) is 0 Å². The van der Waals surface area contributed by atoms with Crippen molar-refractivity contribution in [3.8, 4) is 0 Å². The van der Waals surface area contributed by atoms with E-state index in [-0.39, 0.29) is 25.9 Å². The van der Waals surface area contributed by atoms with Crippen LogP contribution in [0.2, 0.25) is 0 Å². The number of carbonyl (C=O) groups excluding carboxylic acids is 1. The van der Waals surface area contributed by atoms with Gasteiger partial charge in [-0.3, -0.25) is 28.8 Å². The molecule has 0 saturated carbocycles. The lowest BCUT2D eigenvalue weighted by molar-refractivity contribution is -0.139. The Morgan fingerprint density at radius 3 is 0.925 bits per heavy atom. The van der Waals surface area contributed by atoms with Gasteiger partial charge in [-0.2, -0.15) is 0 Å². The first kappa shape index (κ1) is 46.4. The van der Waals surface area contributed by atoms with Crippen molar-refractivity contribution in [1.82, 2.24) is 0 Å². The Morgan fingerprint density at radius 2 is 0.750 bits per heavy atom. The number of carboxylic acids is 5. The number of unbranched alkanes of at least 4 members (excludes halogenated alkanes) is 2. The Hall–Kier alpha value is -3.46. The molecule has 0 aliphatic rings. The molecule has 0 rings (SSSR count). The molecule has 19 heteroatoms. The molecule has 0 aromatic carbocycles. The van der Waals surface area contributed by atoms with E-state index in [1.165, 1.54) is 0 Å². The van der Waals surface area contributed by atoms with Gasteiger partial charge in [0, 0.05) is 6.42 Å². The van der Waals surface area contributed by atoms with E-state index < -0.39 is 53.9 Å². The highest BCUT2D eigenvalue weighted by Crippen LogP contribution is 1.97. The van der Waals surface area contributed by atoms with Crippen LogP contribution >= 0.6 is 0 Å². The summed E-state index contributed by atoms with van der Waals surface area (Å²) in [5.74, 6) is -5.44. The zero-order valence-electron chi connectivity index (χ0n) is 22.5. The van der Waals surface area contributed by atoms with Gasteiger partial charge in [-0.1, -0.05) is 12.8 Å². The highest BCUT2D eigenvalue weighted by atomic mass is 16.4. The van der Waals surface area contributed by atoms with E-state index in [1.807, 2.05) is 0 Å². The molecule has 0 bridgehead atoms. The van der Waals surface area contributed by atoms with Gasteiger partial charge in [0.05, 0.1) is 13.1 Å². The van der Waals surface area contributed by atoms with Gasteiger partial charge in [0.25, 0.3) is 0 Å². The minimum atomic E-state index is -1.11. The van der Waals surface area contributed by atoms with E-state index in [0.717, 1.165) is 25.7 Å². The predicted molar refractivity (Wildman–Crippen MR) is 144 cm³/mol. The second-order valence-corrected chi connectivity index (χ2v) is 7.60. The predicted octanol–water partition coefficient (Wildman–Crippen LogP) is -4.22. The lowest BCUT2D eigenvalue weighted by atomic mass is 10.1. The monoisotopic (exact) mass is 588 g/mol. The maximum atomic E-state index is 10.1. The molecule has 1 amide bonds. The van der Waals surface area contributed by atoms with Crippen LogP contribution in [0.5, 0.6) is 0 Å². The van der Waals surface area contributed by atoms with E-state index in [0.29, 0.717) is 25.9 Å². The zero-order valence-corrected chi connectivity index (χ0v) is 22.5. The summed E-state index contributed by atoms with van der Waals surface area (Å²) in [6.45, 7) is 0.651. The molecule has 19 nitrogen and oxygen atoms in total. The fourth-order valence-electron chi connectivity index (χ4n) is 1.69. The molecule has 0 fully saturated rings. The maximum absolute atomic E-state index is 10.1. The minimum absolute atomic E-state index is 0.0213. The molecule has 0 aromatic heterocycles. The van der Waals surface area contributed by atoms with Gasteiger partial charge in [0.1, 0.15) is 18.1 Å². The molecule has 21 N–H and O–H groups in total. The number of nitrogens with two attached hydrogens (primary N) is 8. The van der Waals surface area contributed by atoms with E-state index in [4.69, 9.17) is 59.9 Å². The molecule has 0 saturated heterocycles. The third-order valence-electron chi connectivity index (χ3n) is 3.94. The molecule has 0 aliphatic carbocycles. The highest BCUT2D eigenvalue weighted by molar-refractivity contribution is 5.77. The SMILES string of the molecule is NC(=O)CC[C@H](N)C(=O)O.NCC(=O)O.NCC(=O)O.NCCCC[C@H](N)C(=O)O.NCCCC[C@H](N)C(=O)O. The third-order valence-corrected chi connectivity index (χ3v) is 3.94. The van der Waals surface area contributed by atoms with Crippen LogP contribution < -0.4 is 45.9 Å². The number of primary amides is 1. The molecule has 3 atom stereocenters. The molecule has 0 spiro atoms. The Balaban J connectivity index is -0.000000132. The van der Waals surface area contributed by atoms with Crippen molar-refractivity contribution in [2.45, 2.75) is 69.5 Å². The summed E-state index contributed by atoms with van der Waals surface area (Å²) in [5.41, 5.74) is 39.8. The second kappa shape index (κ2) is 33.6. The fourth-order valence-corrected chi connectivity index (χ4v) is 1.69. The van der Waals surface area contributed by atoms with Crippen molar-refractivity contribution in [3.63, 3.8) is 0 Å². The largest absolute Gasteiger partial charge is 0.480 e. The van der Waals surface area contributed by atoms with Crippen LogP contribution in [0.4, 0.5) is 0 Å². The average molecular weight is 589 g/mol. The molecular weight excluding hydrogens is 540 g/mol. The number of aliphatic carboxylic acids is 5. The molecule has 0 aliphatic heterocycles. The number of carboxylic acid groups (broad SMARTS) is 5.